The molecular formula is C59H94N11O27+. The van der Waals surface area contributed by atoms with Crippen LogP contribution in [0, 0.1) is 5.92 Å². The molecule has 0 saturated carbocycles. The SMILES string of the molecule is C[C@@H](O)[C@@H]1NC(=O)[C@H]([C@H](O)[C@@H](O)c2ccc(O)cc2)NC(=O)[C@@H]2C[C@@H](O)CN2C(=O)[C@H]([C@@H](C)O)NC(=O)[C@@H](NC(=O)COCCOCCNC(=O)COCCOCCNC(=O)CC[C@H](NC(=O)CC(=O)O)C(=O)O)C[C@@H](O)[C@@H](OCC[N+](C)(C)C)NC(=O)[C@@H]2[C@@H](O)[C@@H](C)CN2C1=O. The molecule has 38 nitrogen and oxygen atoms in total. The number of nitrogens with zero attached hydrogens (tertiary/aromatic N) is 3. The van der Waals surface area contributed by atoms with E-state index in [4.69, 9.17) is 28.8 Å². The van der Waals surface area contributed by atoms with Crippen molar-refractivity contribution in [3.8, 4) is 5.75 Å². The van der Waals surface area contributed by atoms with Crippen molar-refractivity contribution in [2.24, 2.45) is 5.92 Å². The van der Waals surface area contributed by atoms with Crippen molar-refractivity contribution >= 4 is 71.0 Å². The molecule has 3 fully saturated rings. The number of aliphatic hydroxyl groups is 7. The highest BCUT2D eigenvalue weighted by Crippen LogP contribution is 2.28. The van der Waals surface area contributed by atoms with Gasteiger partial charge in [0.15, 0.2) is 6.23 Å². The number of carboxylic acids is 2. The van der Waals surface area contributed by atoms with Crippen molar-refractivity contribution in [3.05, 3.63) is 29.8 Å². The summed E-state index contributed by atoms with van der Waals surface area (Å²) in [7, 11) is 5.39. The fourth-order valence-corrected chi connectivity index (χ4v) is 10.2. The smallest absolute Gasteiger partial charge is 0.326 e. The zero-order valence-corrected chi connectivity index (χ0v) is 54.7. The fraction of sp³-hybridized carbons (Fsp3) is 0.695. The van der Waals surface area contributed by atoms with Gasteiger partial charge in [0.05, 0.1) is 91.8 Å². The fourth-order valence-electron chi connectivity index (χ4n) is 10.2. The number of nitrogens with one attached hydrogen (secondary N) is 8. The Labute approximate surface area is 557 Å². The second kappa shape index (κ2) is 39.5. The lowest BCUT2D eigenvalue weighted by Gasteiger charge is -2.34. The zero-order valence-electron chi connectivity index (χ0n) is 54.7. The summed E-state index contributed by atoms with van der Waals surface area (Å²) in [5, 5.41) is 126. The Balaban J connectivity index is 1.46. The molecule has 0 unspecified atom stereocenters. The van der Waals surface area contributed by atoms with Crippen LogP contribution in [0.5, 0.6) is 5.75 Å². The van der Waals surface area contributed by atoms with Gasteiger partial charge in [-0.25, -0.2) is 4.79 Å². The number of aromatic hydroxyl groups is 1. The Morgan fingerprint density at radius 2 is 1.19 bits per heavy atom. The first-order valence-electron chi connectivity index (χ1n) is 31.3. The van der Waals surface area contributed by atoms with E-state index < -0.39 is 201 Å². The van der Waals surface area contributed by atoms with E-state index in [0.717, 1.165) is 35.8 Å². The number of benzene rings is 1. The molecule has 3 aliphatic rings. The van der Waals surface area contributed by atoms with Crippen LogP contribution in [0.15, 0.2) is 24.3 Å². The van der Waals surface area contributed by atoms with Crippen LogP contribution in [0.2, 0.25) is 0 Å². The largest absolute Gasteiger partial charge is 0.508 e. The Bertz CT molecular complexity index is 2830. The van der Waals surface area contributed by atoms with Gasteiger partial charge in [-0.3, -0.25) is 52.7 Å². The summed E-state index contributed by atoms with van der Waals surface area (Å²) >= 11 is 0. The molecule has 10 amide bonds. The number of quaternary nitrogens is 1. The van der Waals surface area contributed by atoms with Crippen LogP contribution in [0.25, 0.3) is 0 Å². The van der Waals surface area contributed by atoms with E-state index in [1.165, 1.54) is 19.1 Å². The summed E-state index contributed by atoms with van der Waals surface area (Å²) in [6.45, 7) is 1.28. The van der Waals surface area contributed by atoms with Crippen molar-refractivity contribution < 1.29 is 137 Å². The number of likely N-dealkylation sites (N-methyl/N-ethyl adjacent to an activating group) is 1. The molecule has 0 aromatic heterocycles. The second-order valence-electron chi connectivity index (χ2n) is 24.6. The van der Waals surface area contributed by atoms with Gasteiger partial charge >= 0.3 is 11.9 Å². The third-order valence-corrected chi connectivity index (χ3v) is 15.5. The van der Waals surface area contributed by atoms with Crippen molar-refractivity contribution in [2.75, 3.05) is 113 Å². The average molecular weight is 1390 g/mol. The third-order valence-electron chi connectivity index (χ3n) is 15.5. The molecule has 38 heteroatoms. The molecule has 3 heterocycles. The zero-order chi connectivity index (χ0) is 72.4. The summed E-state index contributed by atoms with van der Waals surface area (Å²) in [4.78, 5) is 160. The first kappa shape index (κ1) is 81.6. The van der Waals surface area contributed by atoms with Crippen LogP contribution in [-0.4, -0.2) is 335 Å². The Kier molecular flexibility index (Phi) is 33.2. The number of hydrogen-bond acceptors (Lipinski definition) is 25. The number of hydrogen-bond donors (Lipinski definition) is 18. The first-order valence-corrected chi connectivity index (χ1v) is 31.3. The monoisotopic (exact) mass is 1390 g/mol. The molecule has 546 valence electrons. The number of ether oxygens (including phenoxy) is 5. The van der Waals surface area contributed by atoms with Gasteiger partial charge in [-0.05, 0) is 38.0 Å². The standard InChI is InChI=1S/C59H93N11O27/c1-30-26-69-48(49(30)82)55(88)67-56(97-18-15-70(4,5)6)39(75)24-37(63-43(79)29-96-22-20-94-17-14-61-42(78)28-95-21-19-93-16-13-60-40(76)12-11-36(59(91)92)62-41(77)25-44(80)81)52(85)64-45(31(2)71)57(89)68-27-35(74)23-38(68)53(86)66-47(54(87)65-46(32(3)72)58(69)90)51(84)50(83)33-7-9-34(73)10-8-33/h7-10,30-32,35-39,45-51,56,71-72,74-75,82-84H,11-29H2,1-6H3,(H10-,60,61,62,63,64,65,66,67,73,76,77,78,79,80,81,85,86,87,88,91,92)/p+1/t30-,31+,32+,35+,36-,37-,38-,39+,45-,46-,47-,48-,49-,50-,51-,56+/m0/s1. The minimum absolute atomic E-state index is 0.0104. The predicted octanol–water partition coefficient (Wildman–Crippen LogP) is -9.29. The van der Waals surface area contributed by atoms with Crippen LogP contribution < -0.4 is 42.5 Å². The van der Waals surface area contributed by atoms with E-state index in [-0.39, 0.29) is 108 Å². The second-order valence-corrected chi connectivity index (χ2v) is 24.6. The van der Waals surface area contributed by atoms with E-state index in [2.05, 4.69) is 37.2 Å². The number of phenolic OH excluding ortho intramolecular Hbond substituents is 1. The molecule has 1 aromatic carbocycles. The maximum absolute atomic E-state index is 14.6. The van der Waals surface area contributed by atoms with Gasteiger partial charge in [0.25, 0.3) is 0 Å². The number of carbonyl (C=O) groups excluding carboxylic acids is 10. The highest BCUT2D eigenvalue weighted by Gasteiger charge is 2.50. The van der Waals surface area contributed by atoms with Crippen molar-refractivity contribution in [1.29, 1.82) is 0 Å². The maximum Gasteiger partial charge on any atom is 0.326 e. The van der Waals surface area contributed by atoms with Crippen LogP contribution >= 0.6 is 0 Å². The van der Waals surface area contributed by atoms with Gasteiger partial charge < -0.3 is 132 Å². The number of aliphatic carboxylic acids is 2. The molecular weight excluding hydrogens is 1290 g/mol. The molecule has 18 N–H and O–H groups in total. The number of aliphatic hydroxyl groups excluding tert-OH is 7. The molecule has 0 bridgehead atoms. The molecule has 0 spiro atoms. The lowest BCUT2D eigenvalue weighted by molar-refractivity contribution is -0.870. The van der Waals surface area contributed by atoms with Crippen LogP contribution in [0.3, 0.4) is 0 Å². The number of amides is 10. The number of carbonyl (C=O) groups is 12. The quantitative estimate of drug-likeness (QED) is 0.0177. The highest BCUT2D eigenvalue weighted by atomic mass is 16.5. The lowest BCUT2D eigenvalue weighted by atomic mass is 9.96. The van der Waals surface area contributed by atoms with Crippen molar-refractivity contribution in [1.82, 2.24) is 52.3 Å². The van der Waals surface area contributed by atoms with Gasteiger partial charge in [0.1, 0.15) is 92.5 Å². The molecule has 0 radical (unpaired) electrons. The van der Waals surface area contributed by atoms with E-state index in [1.807, 2.05) is 5.32 Å². The Morgan fingerprint density at radius 1 is 0.639 bits per heavy atom. The molecule has 16 atom stereocenters. The summed E-state index contributed by atoms with van der Waals surface area (Å²) < 4.78 is 27.8. The number of phenols is 1. The minimum Gasteiger partial charge on any atom is -0.508 e. The summed E-state index contributed by atoms with van der Waals surface area (Å²) in [5.74, 6) is -14.6. The van der Waals surface area contributed by atoms with Gasteiger partial charge in [0, 0.05) is 51.4 Å². The summed E-state index contributed by atoms with van der Waals surface area (Å²) in [6.07, 6.45) is -17.8. The van der Waals surface area contributed by atoms with Crippen LogP contribution in [-0.2, 0) is 81.2 Å². The molecule has 4 rings (SSSR count). The van der Waals surface area contributed by atoms with Gasteiger partial charge in [0.2, 0.25) is 59.1 Å². The van der Waals surface area contributed by atoms with Gasteiger partial charge in [-0.2, -0.15) is 0 Å². The average Bonchev–Trinajstić information content (AvgIpc) is 1.68. The Morgan fingerprint density at radius 3 is 1.75 bits per heavy atom. The van der Waals surface area contributed by atoms with Crippen LogP contribution in [0.4, 0.5) is 0 Å². The lowest BCUT2D eigenvalue weighted by Crippen LogP contribution is -2.64. The van der Waals surface area contributed by atoms with E-state index >= 15 is 0 Å². The predicted molar refractivity (Wildman–Crippen MR) is 329 cm³/mol. The number of carboxylic acid groups (broad SMARTS) is 2. The third kappa shape index (κ3) is 26.8. The van der Waals surface area contributed by atoms with Crippen LogP contribution in [0.1, 0.15) is 64.5 Å². The van der Waals surface area contributed by atoms with E-state index in [1.54, 1.807) is 21.1 Å². The minimum atomic E-state index is -2.32. The Hall–Kier alpha value is -7.86. The van der Waals surface area contributed by atoms with E-state index in [0.29, 0.717) is 0 Å². The normalized spacial score (nSPS) is 25.5. The molecule has 0 aliphatic carbocycles. The molecule has 97 heavy (non-hydrogen) atoms. The van der Waals surface area contributed by atoms with Crippen molar-refractivity contribution in [2.45, 2.75) is 144 Å². The van der Waals surface area contributed by atoms with E-state index in [9.17, 15) is 103 Å². The number of fused-ring (bicyclic) bond motifs is 2. The van der Waals surface area contributed by atoms with Gasteiger partial charge in [-0.15, -0.1) is 0 Å². The van der Waals surface area contributed by atoms with Gasteiger partial charge in [-0.1, -0.05) is 19.1 Å². The molecule has 3 aliphatic heterocycles. The molecule has 3 saturated heterocycles. The number of rotatable bonds is 33. The summed E-state index contributed by atoms with van der Waals surface area (Å²) in [5.41, 5.74) is -0.0955. The van der Waals surface area contributed by atoms with Crippen molar-refractivity contribution in [3.63, 3.8) is 0 Å². The summed E-state index contributed by atoms with van der Waals surface area (Å²) in [6, 6.07) is -8.61. The topological polar surface area (TPSA) is 556 Å². The maximum atomic E-state index is 14.6. The molecule has 1 aromatic rings. The first-order chi connectivity index (χ1) is 45.6. The highest BCUT2D eigenvalue weighted by molar-refractivity contribution is 5.99.